The summed E-state index contributed by atoms with van der Waals surface area (Å²) in [6.45, 7) is 4.06. The van der Waals surface area contributed by atoms with Crippen molar-refractivity contribution in [2.75, 3.05) is 13.7 Å². The summed E-state index contributed by atoms with van der Waals surface area (Å²) in [6.07, 6.45) is 0.939. The van der Waals surface area contributed by atoms with Gasteiger partial charge in [-0.25, -0.2) is 0 Å². The first-order valence-electron chi connectivity index (χ1n) is 6.59. The van der Waals surface area contributed by atoms with Crippen molar-refractivity contribution < 1.29 is 24.2 Å². The Morgan fingerprint density at radius 2 is 2.33 bits per heavy atom. The van der Waals surface area contributed by atoms with Crippen molar-refractivity contribution >= 4 is 34.5 Å². The number of esters is 1. The lowest BCUT2D eigenvalue weighted by Crippen LogP contribution is -2.41. The molecule has 21 heavy (non-hydrogen) atoms. The first-order chi connectivity index (χ1) is 9.97. The van der Waals surface area contributed by atoms with Gasteiger partial charge in [0.15, 0.2) is 0 Å². The highest BCUT2D eigenvalue weighted by atomic mass is 127. The van der Waals surface area contributed by atoms with Crippen molar-refractivity contribution in [3.8, 4) is 0 Å². The normalized spacial score (nSPS) is 25.9. The van der Waals surface area contributed by atoms with E-state index in [0.29, 0.717) is 12.0 Å². The molecule has 0 aromatic carbocycles. The molecule has 1 aliphatic heterocycles. The van der Waals surface area contributed by atoms with Gasteiger partial charge in [0.2, 0.25) is 5.91 Å². The van der Waals surface area contributed by atoms with E-state index in [-0.39, 0.29) is 37.4 Å². The van der Waals surface area contributed by atoms with Gasteiger partial charge in [-0.2, -0.15) is 0 Å². The second-order valence-corrected chi connectivity index (χ2v) is 5.45. The standard InChI is InChI=1S/C14H20INO5/c1-9-7-10(21-11(3-5-15)14(9)19)8-12(17)16-6-4-13(18)20-2/h3,5,10-11,14,19H,1,4,6-8H2,2H3,(H,16,17)/b5-3+/t10-,11+,14-/m0/s1. The van der Waals surface area contributed by atoms with Gasteiger partial charge in [-0.15, -0.1) is 0 Å². The number of amides is 1. The van der Waals surface area contributed by atoms with Crippen LogP contribution in [0.4, 0.5) is 0 Å². The molecule has 1 aliphatic rings. The maximum absolute atomic E-state index is 11.8. The minimum Gasteiger partial charge on any atom is -0.469 e. The molecule has 1 amide bonds. The molecule has 6 nitrogen and oxygen atoms in total. The van der Waals surface area contributed by atoms with Crippen LogP contribution in [0.15, 0.2) is 22.3 Å². The Morgan fingerprint density at radius 3 is 2.95 bits per heavy atom. The number of aliphatic hydroxyl groups excluding tert-OH is 1. The van der Waals surface area contributed by atoms with Gasteiger partial charge in [-0.3, -0.25) is 9.59 Å². The topological polar surface area (TPSA) is 84.9 Å². The molecule has 0 aromatic heterocycles. The van der Waals surface area contributed by atoms with Gasteiger partial charge in [0, 0.05) is 6.54 Å². The molecule has 0 unspecified atom stereocenters. The molecule has 1 rings (SSSR count). The van der Waals surface area contributed by atoms with Crippen LogP contribution in [0.25, 0.3) is 0 Å². The molecule has 1 saturated heterocycles. The Morgan fingerprint density at radius 1 is 1.62 bits per heavy atom. The van der Waals surface area contributed by atoms with Crippen molar-refractivity contribution in [1.29, 1.82) is 0 Å². The van der Waals surface area contributed by atoms with E-state index < -0.39 is 12.2 Å². The van der Waals surface area contributed by atoms with Crippen LogP contribution in [0.1, 0.15) is 19.3 Å². The summed E-state index contributed by atoms with van der Waals surface area (Å²) in [5.41, 5.74) is 0.660. The number of carbonyl (C=O) groups is 2. The number of aliphatic hydroxyl groups is 1. The fraction of sp³-hybridized carbons (Fsp3) is 0.571. The maximum Gasteiger partial charge on any atom is 0.307 e. The number of rotatable bonds is 6. The largest absolute Gasteiger partial charge is 0.469 e. The predicted molar refractivity (Wildman–Crippen MR) is 85.8 cm³/mol. The second kappa shape index (κ2) is 9.16. The minimum absolute atomic E-state index is 0.138. The van der Waals surface area contributed by atoms with Crippen molar-refractivity contribution in [3.63, 3.8) is 0 Å². The Kier molecular flexibility index (Phi) is 7.91. The molecular formula is C14H20INO5. The van der Waals surface area contributed by atoms with E-state index >= 15 is 0 Å². The van der Waals surface area contributed by atoms with Crippen LogP contribution >= 0.6 is 22.6 Å². The van der Waals surface area contributed by atoms with Crippen LogP contribution in [0.3, 0.4) is 0 Å². The Hall–Kier alpha value is -0.930. The van der Waals surface area contributed by atoms with E-state index in [9.17, 15) is 14.7 Å². The molecule has 3 atom stereocenters. The van der Waals surface area contributed by atoms with Crippen molar-refractivity contribution in [1.82, 2.24) is 5.32 Å². The molecule has 0 aliphatic carbocycles. The van der Waals surface area contributed by atoms with Crippen molar-refractivity contribution in [2.45, 2.75) is 37.6 Å². The predicted octanol–water partition coefficient (Wildman–Crippen LogP) is 1.08. The minimum atomic E-state index is -0.741. The molecule has 1 heterocycles. The maximum atomic E-state index is 11.8. The lowest BCUT2D eigenvalue weighted by Gasteiger charge is -2.33. The van der Waals surface area contributed by atoms with Crippen LogP contribution in [0, 0.1) is 0 Å². The van der Waals surface area contributed by atoms with Crippen LogP contribution in [0.2, 0.25) is 0 Å². The highest BCUT2D eigenvalue weighted by Gasteiger charge is 2.31. The highest BCUT2D eigenvalue weighted by molar-refractivity contribution is 14.1. The van der Waals surface area contributed by atoms with Gasteiger partial charge in [-0.1, -0.05) is 29.2 Å². The number of hydrogen-bond acceptors (Lipinski definition) is 5. The quantitative estimate of drug-likeness (QED) is 0.390. The first-order valence-corrected chi connectivity index (χ1v) is 7.84. The third kappa shape index (κ3) is 6.15. The van der Waals surface area contributed by atoms with E-state index in [0.717, 1.165) is 0 Å². The average Bonchev–Trinajstić information content (AvgIpc) is 2.44. The van der Waals surface area contributed by atoms with Crippen LogP contribution in [0.5, 0.6) is 0 Å². The Balaban J connectivity index is 2.41. The van der Waals surface area contributed by atoms with Crippen molar-refractivity contribution in [3.05, 3.63) is 22.3 Å². The third-order valence-electron chi connectivity index (χ3n) is 3.12. The van der Waals surface area contributed by atoms with Gasteiger partial charge in [0.25, 0.3) is 0 Å². The number of hydrogen-bond donors (Lipinski definition) is 2. The molecule has 0 spiro atoms. The summed E-state index contributed by atoms with van der Waals surface area (Å²) in [5.74, 6) is -0.571. The average molecular weight is 409 g/mol. The zero-order valence-electron chi connectivity index (χ0n) is 11.9. The van der Waals surface area contributed by atoms with E-state index in [1.165, 1.54) is 7.11 Å². The molecule has 2 N–H and O–H groups in total. The number of halogens is 1. The van der Waals surface area contributed by atoms with Crippen LogP contribution < -0.4 is 5.32 Å². The summed E-state index contributed by atoms with van der Waals surface area (Å²) in [5, 5.41) is 12.6. The van der Waals surface area contributed by atoms with Crippen LogP contribution in [-0.2, 0) is 19.1 Å². The monoisotopic (exact) mass is 409 g/mol. The van der Waals surface area contributed by atoms with Gasteiger partial charge >= 0.3 is 5.97 Å². The Labute approximate surface area is 137 Å². The molecule has 1 fully saturated rings. The summed E-state index contributed by atoms with van der Waals surface area (Å²) < 4.78 is 11.9. The van der Waals surface area contributed by atoms with E-state index in [1.807, 2.05) is 22.6 Å². The number of nitrogens with one attached hydrogen (secondary N) is 1. The molecule has 0 saturated carbocycles. The van der Waals surface area contributed by atoms with Gasteiger partial charge in [0.1, 0.15) is 12.2 Å². The summed E-state index contributed by atoms with van der Waals surface area (Å²) in [6, 6.07) is 0. The molecular weight excluding hydrogens is 389 g/mol. The fourth-order valence-corrected chi connectivity index (χ4v) is 2.43. The van der Waals surface area contributed by atoms with E-state index in [4.69, 9.17) is 4.74 Å². The van der Waals surface area contributed by atoms with Gasteiger partial charge in [0.05, 0.1) is 26.1 Å². The third-order valence-corrected chi connectivity index (χ3v) is 3.54. The van der Waals surface area contributed by atoms with E-state index in [1.54, 1.807) is 10.2 Å². The number of carbonyl (C=O) groups excluding carboxylic acids is 2. The van der Waals surface area contributed by atoms with Gasteiger partial charge in [-0.05, 0) is 22.2 Å². The zero-order valence-corrected chi connectivity index (χ0v) is 14.0. The lowest BCUT2D eigenvalue weighted by atomic mass is 9.94. The van der Waals surface area contributed by atoms with E-state index in [2.05, 4.69) is 16.6 Å². The SMILES string of the molecule is C=C1C[C@@H](CC(=O)NCCC(=O)OC)O[C@H](/C=C/I)[C@H]1O. The zero-order chi connectivity index (χ0) is 15.8. The summed E-state index contributed by atoms with van der Waals surface area (Å²) >= 11 is 2.04. The van der Waals surface area contributed by atoms with Gasteiger partial charge < -0.3 is 19.9 Å². The molecule has 0 aromatic rings. The second-order valence-electron chi connectivity index (χ2n) is 4.73. The number of ether oxygens (including phenoxy) is 2. The highest BCUT2D eigenvalue weighted by Crippen LogP contribution is 2.26. The smallest absolute Gasteiger partial charge is 0.307 e. The molecule has 0 bridgehead atoms. The lowest BCUT2D eigenvalue weighted by molar-refractivity contribution is -0.140. The summed E-state index contributed by atoms with van der Waals surface area (Å²) in [7, 11) is 1.30. The van der Waals surface area contributed by atoms with Crippen LogP contribution in [-0.4, -0.2) is 48.9 Å². The summed E-state index contributed by atoms with van der Waals surface area (Å²) in [4.78, 5) is 22.7. The molecule has 118 valence electrons. The first kappa shape index (κ1) is 18.1. The Bertz CT molecular complexity index is 424. The van der Waals surface area contributed by atoms with Crippen molar-refractivity contribution in [2.24, 2.45) is 0 Å². The number of methoxy groups -OCH3 is 1. The fourth-order valence-electron chi connectivity index (χ4n) is 2.02. The molecule has 0 radical (unpaired) electrons. The molecule has 7 heteroatoms.